The molecule has 2 aromatic rings. The molecule has 1 N–H and O–H groups in total. The van der Waals surface area contributed by atoms with Gasteiger partial charge in [-0.3, -0.25) is 9.18 Å². The molecule has 3 nitrogen and oxygen atoms in total. The number of benzene rings is 1. The number of nitrogens with one attached hydrogen (secondary N) is 1. The molecule has 0 radical (unpaired) electrons. The Kier molecular flexibility index (Phi) is 6.64. The molecular formula is C17H18FNO2S. The van der Waals surface area contributed by atoms with Crippen molar-refractivity contribution in [1.29, 1.82) is 0 Å². The van der Waals surface area contributed by atoms with E-state index in [2.05, 4.69) is 5.32 Å². The van der Waals surface area contributed by atoms with Crippen LogP contribution in [0.4, 0.5) is 4.39 Å². The number of amides is 1. The normalized spacial score (nSPS) is 10.8. The minimum atomic E-state index is -0.374. The molecule has 0 bridgehead atoms. The van der Waals surface area contributed by atoms with Gasteiger partial charge in [-0.2, -0.15) is 0 Å². The monoisotopic (exact) mass is 319 g/mol. The number of alkyl halides is 1. The zero-order valence-electron chi connectivity index (χ0n) is 12.1. The lowest BCUT2D eigenvalue weighted by Crippen LogP contribution is -2.19. The lowest BCUT2D eigenvalue weighted by molar-refractivity contribution is -0.116. The number of carbonyl (C=O) groups is 1. The van der Waals surface area contributed by atoms with Crippen LogP contribution in [0.1, 0.15) is 16.9 Å². The maximum Gasteiger partial charge on any atom is 0.244 e. The standard InChI is InChI=1S/C17H18FNO2S/c18-10-2-11-21-15-7-4-14(5-8-15)6-9-17(20)19-13-16-3-1-12-22-16/h1,3-9,12H,2,10-11,13H2,(H,19,20)/b9-6+. The first kappa shape index (κ1) is 16.2. The van der Waals surface area contributed by atoms with Crippen molar-refractivity contribution in [3.8, 4) is 5.75 Å². The lowest BCUT2D eigenvalue weighted by atomic mass is 10.2. The molecule has 0 spiro atoms. The highest BCUT2D eigenvalue weighted by molar-refractivity contribution is 7.09. The quantitative estimate of drug-likeness (QED) is 0.593. The van der Waals surface area contributed by atoms with Gasteiger partial charge in [0.25, 0.3) is 0 Å². The maximum absolute atomic E-state index is 12.0. The van der Waals surface area contributed by atoms with Crippen molar-refractivity contribution in [3.63, 3.8) is 0 Å². The molecule has 0 saturated carbocycles. The topological polar surface area (TPSA) is 38.3 Å². The summed E-state index contributed by atoms with van der Waals surface area (Å²) in [6.45, 7) is 0.542. The van der Waals surface area contributed by atoms with Gasteiger partial charge in [0.1, 0.15) is 5.75 Å². The molecule has 0 aliphatic rings. The van der Waals surface area contributed by atoms with Crippen LogP contribution in [0.5, 0.6) is 5.75 Å². The number of ether oxygens (including phenoxy) is 1. The van der Waals surface area contributed by atoms with Gasteiger partial charge < -0.3 is 10.1 Å². The summed E-state index contributed by atoms with van der Waals surface area (Å²) in [5, 5.41) is 4.81. The Morgan fingerprint density at radius 3 is 2.77 bits per heavy atom. The molecule has 0 aliphatic carbocycles. The number of hydrogen-bond donors (Lipinski definition) is 1. The molecular weight excluding hydrogens is 301 g/mol. The average molecular weight is 319 g/mol. The molecule has 0 atom stereocenters. The summed E-state index contributed by atoms with van der Waals surface area (Å²) >= 11 is 1.61. The van der Waals surface area contributed by atoms with Crippen LogP contribution in [0, 0.1) is 0 Å². The minimum absolute atomic E-state index is 0.128. The van der Waals surface area contributed by atoms with E-state index in [0.717, 1.165) is 10.4 Å². The first-order valence-electron chi connectivity index (χ1n) is 7.05. The van der Waals surface area contributed by atoms with Gasteiger partial charge in [0.05, 0.1) is 19.8 Å². The molecule has 1 aromatic carbocycles. The number of rotatable bonds is 8. The summed E-state index contributed by atoms with van der Waals surface area (Å²) in [6.07, 6.45) is 3.65. The van der Waals surface area contributed by atoms with Crippen LogP contribution in [0.2, 0.25) is 0 Å². The van der Waals surface area contributed by atoms with Gasteiger partial charge >= 0.3 is 0 Å². The van der Waals surface area contributed by atoms with Crippen LogP contribution >= 0.6 is 11.3 Å². The van der Waals surface area contributed by atoms with Crippen LogP contribution in [-0.2, 0) is 11.3 Å². The van der Waals surface area contributed by atoms with Crippen LogP contribution in [0.15, 0.2) is 47.9 Å². The number of carbonyl (C=O) groups excluding carboxylic acids is 1. The molecule has 0 unspecified atom stereocenters. The second-order valence-corrected chi connectivity index (χ2v) is 5.62. The zero-order chi connectivity index (χ0) is 15.6. The summed E-state index contributed by atoms with van der Waals surface area (Å²) in [7, 11) is 0. The predicted octanol–water partition coefficient (Wildman–Crippen LogP) is 3.82. The van der Waals surface area contributed by atoms with Crippen molar-refractivity contribution in [2.75, 3.05) is 13.3 Å². The Morgan fingerprint density at radius 2 is 2.09 bits per heavy atom. The van der Waals surface area contributed by atoms with E-state index in [9.17, 15) is 9.18 Å². The fraction of sp³-hybridized carbons (Fsp3) is 0.235. The molecule has 0 aliphatic heterocycles. The van der Waals surface area contributed by atoms with Crippen molar-refractivity contribution in [3.05, 3.63) is 58.3 Å². The molecule has 0 fully saturated rings. The minimum Gasteiger partial charge on any atom is -0.493 e. The molecule has 1 heterocycles. The first-order chi connectivity index (χ1) is 10.8. The summed E-state index contributed by atoms with van der Waals surface area (Å²) in [5.74, 6) is 0.574. The van der Waals surface area contributed by atoms with Crippen molar-refractivity contribution in [2.24, 2.45) is 0 Å². The first-order valence-corrected chi connectivity index (χ1v) is 7.93. The van der Waals surface area contributed by atoms with Crippen molar-refractivity contribution >= 4 is 23.3 Å². The number of hydrogen-bond acceptors (Lipinski definition) is 3. The molecule has 2 rings (SSSR count). The van der Waals surface area contributed by atoms with Gasteiger partial charge in [0.15, 0.2) is 0 Å². The van der Waals surface area contributed by atoms with Crippen molar-refractivity contribution in [2.45, 2.75) is 13.0 Å². The Bertz CT molecular complexity index is 594. The van der Waals surface area contributed by atoms with Crippen LogP contribution in [0.25, 0.3) is 6.08 Å². The summed E-state index contributed by atoms with van der Waals surface area (Å²) < 4.78 is 17.3. The molecule has 22 heavy (non-hydrogen) atoms. The van der Waals surface area contributed by atoms with Crippen molar-refractivity contribution < 1.29 is 13.9 Å². The highest BCUT2D eigenvalue weighted by atomic mass is 32.1. The molecule has 0 saturated heterocycles. The molecule has 1 amide bonds. The largest absolute Gasteiger partial charge is 0.493 e. The third-order valence-corrected chi connectivity index (χ3v) is 3.75. The van der Waals surface area contributed by atoms with Crippen LogP contribution in [-0.4, -0.2) is 19.2 Å². The second-order valence-electron chi connectivity index (χ2n) is 4.59. The van der Waals surface area contributed by atoms with Gasteiger partial charge in [0.2, 0.25) is 5.91 Å². The van der Waals surface area contributed by atoms with Gasteiger partial charge in [-0.15, -0.1) is 11.3 Å². The van der Waals surface area contributed by atoms with E-state index < -0.39 is 0 Å². The maximum atomic E-state index is 12.0. The van der Waals surface area contributed by atoms with E-state index in [1.807, 2.05) is 41.8 Å². The van der Waals surface area contributed by atoms with Gasteiger partial charge in [-0.25, -0.2) is 0 Å². The molecule has 5 heteroatoms. The third kappa shape index (κ3) is 5.69. The average Bonchev–Trinajstić information content (AvgIpc) is 3.06. The van der Waals surface area contributed by atoms with Crippen molar-refractivity contribution in [1.82, 2.24) is 5.32 Å². The van der Waals surface area contributed by atoms with Gasteiger partial charge in [0, 0.05) is 17.4 Å². The van der Waals surface area contributed by atoms with E-state index in [-0.39, 0.29) is 12.6 Å². The van der Waals surface area contributed by atoms with E-state index in [0.29, 0.717) is 25.3 Å². The molecule has 116 valence electrons. The van der Waals surface area contributed by atoms with Gasteiger partial charge in [-0.1, -0.05) is 18.2 Å². The Balaban J connectivity index is 1.78. The summed E-state index contributed by atoms with van der Waals surface area (Å²) in [6, 6.07) is 11.3. The van der Waals surface area contributed by atoms with Crippen LogP contribution in [0.3, 0.4) is 0 Å². The number of halogens is 1. The van der Waals surface area contributed by atoms with Crippen LogP contribution < -0.4 is 10.1 Å². The van der Waals surface area contributed by atoms with E-state index in [4.69, 9.17) is 4.74 Å². The highest BCUT2D eigenvalue weighted by Gasteiger charge is 1.98. The fourth-order valence-electron chi connectivity index (χ4n) is 1.74. The smallest absolute Gasteiger partial charge is 0.244 e. The Morgan fingerprint density at radius 1 is 1.27 bits per heavy atom. The SMILES string of the molecule is O=C(/C=C/c1ccc(OCCCF)cc1)NCc1cccs1. The Hall–Kier alpha value is -2.14. The van der Waals surface area contributed by atoms with E-state index >= 15 is 0 Å². The predicted molar refractivity (Wildman–Crippen MR) is 87.7 cm³/mol. The summed E-state index contributed by atoms with van der Waals surface area (Å²) in [5.41, 5.74) is 0.907. The fourth-order valence-corrected chi connectivity index (χ4v) is 2.38. The van der Waals surface area contributed by atoms with E-state index in [1.165, 1.54) is 6.08 Å². The second kappa shape index (κ2) is 9.00. The molecule has 1 aromatic heterocycles. The highest BCUT2D eigenvalue weighted by Crippen LogP contribution is 2.13. The number of thiophene rings is 1. The zero-order valence-corrected chi connectivity index (χ0v) is 12.9. The summed E-state index contributed by atoms with van der Waals surface area (Å²) in [4.78, 5) is 12.8. The third-order valence-electron chi connectivity index (χ3n) is 2.87. The van der Waals surface area contributed by atoms with E-state index in [1.54, 1.807) is 17.4 Å². The van der Waals surface area contributed by atoms with Gasteiger partial charge in [-0.05, 0) is 35.2 Å². The lowest BCUT2D eigenvalue weighted by Gasteiger charge is -2.04. The Labute approximate surface area is 133 Å².